The smallest absolute Gasteiger partial charge is 0.222 e. The summed E-state index contributed by atoms with van der Waals surface area (Å²) in [7, 11) is 0. The Morgan fingerprint density at radius 2 is 2.05 bits per heavy atom. The number of nitrogens with one attached hydrogen (secondary N) is 1. The molecule has 1 aliphatic heterocycles. The van der Waals surface area contributed by atoms with E-state index in [9.17, 15) is 9.59 Å². The minimum atomic E-state index is -0.139. The number of rotatable bonds is 4. The van der Waals surface area contributed by atoms with Crippen molar-refractivity contribution in [2.24, 2.45) is 5.92 Å². The lowest BCUT2D eigenvalue weighted by atomic mass is 9.90. The fourth-order valence-corrected chi connectivity index (χ4v) is 2.81. The molecule has 0 radical (unpaired) electrons. The number of hydrogen-bond donors (Lipinski definition) is 1. The third-order valence-electron chi connectivity index (χ3n) is 3.90. The zero-order valence-corrected chi connectivity index (χ0v) is 13.1. The number of benzene rings is 1. The average Bonchev–Trinajstić information content (AvgIpc) is 2.45. The van der Waals surface area contributed by atoms with Gasteiger partial charge in [-0.15, -0.1) is 0 Å². The van der Waals surface area contributed by atoms with Crippen molar-refractivity contribution in [3.8, 4) is 0 Å². The van der Waals surface area contributed by atoms with Gasteiger partial charge in [0.05, 0.1) is 12.5 Å². The molecule has 2 rings (SSSR count). The largest absolute Gasteiger partial charge is 0.356 e. The van der Waals surface area contributed by atoms with Gasteiger partial charge in [0.1, 0.15) is 0 Å². The lowest BCUT2D eigenvalue weighted by Crippen LogP contribution is -2.41. The van der Waals surface area contributed by atoms with Crippen LogP contribution in [0, 0.1) is 5.92 Å². The maximum Gasteiger partial charge on any atom is 0.222 e. The van der Waals surface area contributed by atoms with Crippen molar-refractivity contribution < 1.29 is 9.59 Å². The van der Waals surface area contributed by atoms with E-state index >= 15 is 0 Å². The molecule has 4 nitrogen and oxygen atoms in total. The van der Waals surface area contributed by atoms with Crippen LogP contribution >= 0.6 is 0 Å². The molecule has 1 N–H and O–H groups in total. The molecule has 1 unspecified atom stereocenters. The fourth-order valence-electron chi connectivity index (χ4n) is 2.81. The summed E-state index contributed by atoms with van der Waals surface area (Å²) in [4.78, 5) is 25.8. The maximum absolute atomic E-state index is 12.1. The first-order valence-electron chi connectivity index (χ1n) is 7.60. The molecule has 0 saturated carbocycles. The van der Waals surface area contributed by atoms with Crippen molar-refractivity contribution >= 4 is 11.8 Å². The Balaban J connectivity index is 2.16. The molecule has 1 heterocycles. The summed E-state index contributed by atoms with van der Waals surface area (Å²) >= 11 is 0. The Hall–Kier alpha value is -1.84. The van der Waals surface area contributed by atoms with E-state index in [4.69, 9.17) is 0 Å². The molecule has 2 amide bonds. The van der Waals surface area contributed by atoms with E-state index in [2.05, 4.69) is 25.2 Å². The average molecular weight is 288 g/mol. The van der Waals surface area contributed by atoms with Crippen molar-refractivity contribution in [3.63, 3.8) is 0 Å². The standard InChI is InChI=1S/C17H24N2O2/c1-12(2)11-18-17(21)10-16-15-7-5-4-6-14(15)8-9-19(16)13(3)20/h4-7,12,16H,8-11H2,1-3H3,(H,18,21). The molecule has 1 atom stereocenters. The third kappa shape index (κ3) is 3.84. The summed E-state index contributed by atoms with van der Waals surface area (Å²) in [6.07, 6.45) is 1.20. The van der Waals surface area contributed by atoms with Crippen molar-refractivity contribution in [2.45, 2.75) is 39.7 Å². The summed E-state index contributed by atoms with van der Waals surface area (Å²) in [6.45, 7) is 7.07. The highest BCUT2D eigenvalue weighted by Crippen LogP contribution is 2.32. The van der Waals surface area contributed by atoms with Crippen molar-refractivity contribution in [3.05, 3.63) is 35.4 Å². The molecule has 0 fully saturated rings. The van der Waals surface area contributed by atoms with E-state index in [-0.39, 0.29) is 17.9 Å². The van der Waals surface area contributed by atoms with Crippen LogP contribution in [-0.2, 0) is 16.0 Å². The number of nitrogens with zero attached hydrogens (tertiary/aromatic N) is 1. The van der Waals surface area contributed by atoms with Gasteiger partial charge in [0.25, 0.3) is 0 Å². The molecule has 0 aliphatic carbocycles. The number of amides is 2. The van der Waals surface area contributed by atoms with Crippen LogP contribution in [0.15, 0.2) is 24.3 Å². The van der Waals surface area contributed by atoms with Crippen LogP contribution in [0.4, 0.5) is 0 Å². The zero-order valence-electron chi connectivity index (χ0n) is 13.1. The van der Waals surface area contributed by atoms with E-state index in [0.29, 0.717) is 25.4 Å². The van der Waals surface area contributed by atoms with E-state index < -0.39 is 0 Å². The summed E-state index contributed by atoms with van der Waals surface area (Å²) in [6, 6.07) is 7.97. The number of fused-ring (bicyclic) bond motifs is 1. The summed E-state index contributed by atoms with van der Waals surface area (Å²) in [5, 5.41) is 2.94. The molecule has 1 aromatic carbocycles. The lowest BCUT2D eigenvalue weighted by Gasteiger charge is -2.36. The lowest BCUT2D eigenvalue weighted by molar-refractivity contribution is -0.133. The minimum Gasteiger partial charge on any atom is -0.356 e. The second kappa shape index (κ2) is 6.74. The molecule has 114 valence electrons. The zero-order chi connectivity index (χ0) is 15.4. The minimum absolute atomic E-state index is 0.0108. The number of carbonyl (C=O) groups is 2. The Bertz CT molecular complexity index is 525. The molecule has 1 aliphatic rings. The Kier molecular flexibility index (Phi) is 4.99. The molecule has 1 aromatic rings. The number of hydrogen-bond acceptors (Lipinski definition) is 2. The Labute approximate surface area is 126 Å². The van der Waals surface area contributed by atoms with Gasteiger partial charge in [-0.25, -0.2) is 0 Å². The fraction of sp³-hybridized carbons (Fsp3) is 0.529. The predicted octanol–water partition coefficient (Wildman–Crippen LogP) is 2.29. The van der Waals surface area contributed by atoms with E-state index in [1.54, 1.807) is 6.92 Å². The molecule has 0 saturated heterocycles. The molecular weight excluding hydrogens is 264 g/mol. The van der Waals surface area contributed by atoms with Gasteiger partial charge in [0.2, 0.25) is 11.8 Å². The number of carbonyl (C=O) groups excluding carboxylic acids is 2. The van der Waals surface area contributed by atoms with Crippen molar-refractivity contribution in [1.82, 2.24) is 10.2 Å². The van der Waals surface area contributed by atoms with Crippen LogP contribution in [0.1, 0.15) is 44.4 Å². The van der Waals surface area contributed by atoms with Crippen molar-refractivity contribution in [2.75, 3.05) is 13.1 Å². The van der Waals surface area contributed by atoms with Gasteiger partial charge < -0.3 is 10.2 Å². The highest BCUT2D eigenvalue weighted by molar-refractivity contribution is 5.79. The summed E-state index contributed by atoms with van der Waals surface area (Å²) < 4.78 is 0. The van der Waals surface area contributed by atoms with Crippen LogP contribution in [0.5, 0.6) is 0 Å². The first-order valence-corrected chi connectivity index (χ1v) is 7.60. The van der Waals surface area contributed by atoms with E-state index in [0.717, 1.165) is 12.0 Å². The normalized spacial score (nSPS) is 17.5. The van der Waals surface area contributed by atoms with Crippen molar-refractivity contribution in [1.29, 1.82) is 0 Å². The molecule has 21 heavy (non-hydrogen) atoms. The van der Waals surface area contributed by atoms with Crippen LogP contribution in [0.25, 0.3) is 0 Å². The highest BCUT2D eigenvalue weighted by Gasteiger charge is 2.30. The molecular formula is C17H24N2O2. The summed E-state index contributed by atoms with van der Waals surface area (Å²) in [5.41, 5.74) is 2.36. The molecule has 0 aromatic heterocycles. The van der Waals surface area contributed by atoms with Gasteiger partial charge in [0, 0.05) is 20.0 Å². The highest BCUT2D eigenvalue weighted by atomic mass is 16.2. The van der Waals surface area contributed by atoms with Gasteiger partial charge in [-0.3, -0.25) is 9.59 Å². The topological polar surface area (TPSA) is 49.4 Å². The van der Waals surface area contributed by atoms with Crippen LogP contribution in [0.2, 0.25) is 0 Å². The molecule has 4 heteroatoms. The maximum atomic E-state index is 12.1. The second-order valence-electron chi connectivity index (χ2n) is 6.08. The van der Waals surface area contributed by atoms with Gasteiger partial charge in [0.15, 0.2) is 0 Å². The van der Waals surface area contributed by atoms with E-state index in [1.807, 2.05) is 23.1 Å². The van der Waals surface area contributed by atoms with E-state index in [1.165, 1.54) is 5.56 Å². The van der Waals surface area contributed by atoms with Gasteiger partial charge in [-0.05, 0) is 23.5 Å². The first-order chi connectivity index (χ1) is 9.99. The quantitative estimate of drug-likeness (QED) is 0.924. The SMILES string of the molecule is CC(=O)N1CCc2ccccc2C1CC(=O)NCC(C)C. The molecule has 0 spiro atoms. The molecule has 0 bridgehead atoms. The monoisotopic (exact) mass is 288 g/mol. The van der Waals surface area contributed by atoms with Crippen LogP contribution in [0.3, 0.4) is 0 Å². The summed E-state index contributed by atoms with van der Waals surface area (Å²) in [5.74, 6) is 0.472. The van der Waals surface area contributed by atoms with Gasteiger partial charge in [-0.1, -0.05) is 38.1 Å². The predicted molar refractivity (Wildman–Crippen MR) is 82.7 cm³/mol. The first kappa shape index (κ1) is 15.5. The Morgan fingerprint density at radius 3 is 2.71 bits per heavy atom. The Morgan fingerprint density at radius 1 is 1.33 bits per heavy atom. The third-order valence-corrected chi connectivity index (χ3v) is 3.90. The van der Waals surface area contributed by atoms with Crippen LogP contribution in [-0.4, -0.2) is 29.8 Å². The van der Waals surface area contributed by atoms with Crippen LogP contribution < -0.4 is 5.32 Å². The van der Waals surface area contributed by atoms with Gasteiger partial charge in [-0.2, -0.15) is 0 Å². The second-order valence-corrected chi connectivity index (χ2v) is 6.08. The van der Waals surface area contributed by atoms with Gasteiger partial charge >= 0.3 is 0 Å².